The number of aromatic nitrogens is 3. The zero-order chi connectivity index (χ0) is 19.9. The highest BCUT2D eigenvalue weighted by molar-refractivity contribution is 5.76. The lowest BCUT2D eigenvalue weighted by molar-refractivity contribution is -0.133. The van der Waals surface area contributed by atoms with Crippen LogP contribution in [0.5, 0.6) is 0 Å². The average Bonchev–Trinajstić information content (AvgIpc) is 3.10. The molecule has 0 atom stereocenters. The summed E-state index contributed by atoms with van der Waals surface area (Å²) in [6.45, 7) is 5.55. The lowest BCUT2D eigenvalue weighted by Crippen LogP contribution is -2.32. The van der Waals surface area contributed by atoms with Crippen LogP contribution < -0.4 is 0 Å². The first-order valence-corrected chi connectivity index (χ1v) is 9.42. The molecule has 0 fully saturated rings. The molecule has 1 aromatic carbocycles. The van der Waals surface area contributed by atoms with Gasteiger partial charge in [-0.05, 0) is 35.2 Å². The van der Waals surface area contributed by atoms with Gasteiger partial charge in [0, 0.05) is 44.3 Å². The fraction of sp³-hybridized carbons (Fsp3) is 0.318. The third kappa shape index (κ3) is 5.49. The van der Waals surface area contributed by atoms with Gasteiger partial charge in [0.15, 0.2) is 0 Å². The van der Waals surface area contributed by atoms with Crippen molar-refractivity contribution in [2.75, 3.05) is 0 Å². The smallest absolute Gasteiger partial charge is 0.223 e. The van der Waals surface area contributed by atoms with Gasteiger partial charge in [0.2, 0.25) is 5.91 Å². The monoisotopic (exact) mass is 380 g/mol. The molecule has 0 bridgehead atoms. The van der Waals surface area contributed by atoms with E-state index < -0.39 is 0 Å². The Morgan fingerprint density at radius 3 is 2.57 bits per heavy atom. The normalized spacial score (nSPS) is 11.0. The number of halogens is 1. The molecule has 6 heteroatoms. The molecule has 0 saturated carbocycles. The van der Waals surface area contributed by atoms with Crippen LogP contribution in [0.25, 0.3) is 0 Å². The molecule has 0 N–H and O–H groups in total. The number of nitrogens with zero attached hydrogens (tertiary/aromatic N) is 4. The highest BCUT2D eigenvalue weighted by Gasteiger charge is 2.18. The van der Waals surface area contributed by atoms with Gasteiger partial charge in [-0.2, -0.15) is 0 Å². The van der Waals surface area contributed by atoms with E-state index >= 15 is 0 Å². The van der Waals surface area contributed by atoms with Crippen molar-refractivity contribution in [1.82, 2.24) is 19.4 Å². The van der Waals surface area contributed by atoms with Gasteiger partial charge in [-0.15, -0.1) is 0 Å². The lowest BCUT2D eigenvalue weighted by atomic mass is 10.1. The average molecular weight is 380 g/mol. The van der Waals surface area contributed by atoms with Crippen molar-refractivity contribution in [1.29, 1.82) is 0 Å². The lowest BCUT2D eigenvalue weighted by Gasteiger charge is -2.24. The highest BCUT2D eigenvalue weighted by Crippen LogP contribution is 2.14. The van der Waals surface area contributed by atoms with Crippen LogP contribution in [0.15, 0.2) is 61.2 Å². The van der Waals surface area contributed by atoms with E-state index in [4.69, 9.17) is 0 Å². The second-order valence-corrected chi connectivity index (χ2v) is 7.31. The molecule has 0 unspecified atom stereocenters. The molecule has 3 aromatic rings. The Hall–Kier alpha value is -3.02. The van der Waals surface area contributed by atoms with E-state index in [0.29, 0.717) is 26.1 Å². The van der Waals surface area contributed by atoms with E-state index in [0.717, 1.165) is 17.0 Å². The highest BCUT2D eigenvalue weighted by atomic mass is 19.1. The first-order valence-electron chi connectivity index (χ1n) is 9.42. The minimum absolute atomic E-state index is 0.0928. The molecular formula is C22H25FN4O. The Morgan fingerprint density at radius 2 is 1.89 bits per heavy atom. The van der Waals surface area contributed by atoms with Crippen molar-refractivity contribution in [2.45, 2.75) is 39.9 Å². The van der Waals surface area contributed by atoms with Gasteiger partial charge in [0.1, 0.15) is 11.6 Å². The number of pyridine rings is 1. The molecular weight excluding hydrogens is 355 g/mol. The number of imidazole rings is 1. The predicted octanol–water partition coefficient (Wildman–Crippen LogP) is 4.04. The quantitative estimate of drug-likeness (QED) is 0.593. The number of carbonyl (C=O) groups excluding carboxylic acids is 1. The van der Waals surface area contributed by atoms with Crippen LogP contribution in [-0.4, -0.2) is 25.3 Å². The first-order chi connectivity index (χ1) is 13.5. The zero-order valence-corrected chi connectivity index (χ0v) is 16.3. The van der Waals surface area contributed by atoms with Crippen LogP contribution in [0.2, 0.25) is 0 Å². The number of rotatable bonds is 8. The minimum Gasteiger partial charge on any atom is -0.331 e. The van der Waals surface area contributed by atoms with Crippen LogP contribution >= 0.6 is 0 Å². The van der Waals surface area contributed by atoms with Crippen molar-refractivity contribution in [3.63, 3.8) is 0 Å². The molecule has 3 rings (SSSR count). The van der Waals surface area contributed by atoms with E-state index in [1.54, 1.807) is 30.7 Å². The second-order valence-electron chi connectivity index (χ2n) is 7.31. The SMILES string of the molecule is CC(C)CC(=O)N(Cc1cccnc1)Cc1nccn1Cc1ccc(F)cc1. The van der Waals surface area contributed by atoms with Crippen molar-refractivity contribution < 1.29 is 9.18 Å². The fourth-order valence-electron chi connectivity index (χ4n) is 3.02. The van der Waals surface area contributed by atoms with Gasteiger partial charge in [0.25, 0.3) is 0 Å². The van der Waals surface area contributed by atoms with E-state index in [-0.39, 0.29) is 17.6 Å². The van der Waals surface area contributed by atoms with E-state index in [1.807, 2.05) is 41.6 Å². The fourth-order valence-corrected chi connectivity index (χ4v) is 3.02. The Labute approximate surface area is 164 Å². The van der Waals surface area contributed by atoms with Crippen LogP contribution in [-0.2, 0) is 24.4 Å². The number of amides is 1. The molecule has 0 radical (unpaired) electrons. The van der Waals surface area contributed by atoms with E-state index in [1.165, 1.54) is 12.1 Å². The third-order valence-corrected chi connectivity index (χ3v) is 4.43. The standard InChI is InChI=1S/C22H25FN4O/c1-17(2)12-22(28)27(15-19-4-3-9-24-13-19)16-21-25-10-11-26(21)14-18-5-7-20(23)8-6-18/h3-11,13,17H,12,14-16H2,1-2H3. The maximum Gasteiger partial charge on any atom is 0.223 e. The Kier molecular flexibility index (Phi) is 6.53. The Bertz CT molecular complexity index is 890. The van der Waals surface area contributed by atoms with Crippen LogP contribution in [0.3, 0.4) is 0 Å². The molecule has 2 aromatic heterocycles. The molecule has 0 saturated heterocycles. The van der Waals surface area contributed by atoms with Gasteiger partial charge in [-0.25, -0.2) is 9.37 Å². The molecule has 0 spiro atoms. The van der Waals surface area contributed by atoms with Crippen molar-refractivity contribution in [3.8, 4) is 0 Å². The summed E-state index contributed by atoms with van der Waals surface area (Å²) in [5.74, 6) is 0.917. The van der Waals surface area contributed by atoms with Crippen molar-refractivity contribution >= 4 is 5.91 Å². The third-order valence-electron chi connectivity index (χ3n) is 4.43. The van der Waals surface area contributed by atoms with Gasteiger partial charge < -0.3 is 9.47 Å². The summed E-state index contributed by atoms with van der Waals surface area (Å²) in [4.78, 5) is 23.2. The molecule has 28 heavy (non-hydrogen) atoms. The predicted molar refractivity (Wildman–Crippen MR) is 106 cm³/mol. The van der Waals surface area contributed by atoms with Crippen LogP contribution in [0.1, 0.15) is 37.2 Å². The number of carbonyl (C=O) groups is 1. The number of benzene rings is 1. The molecule has 0 aliphatic carbocycles. The maximum absolute atomic E-state index is 13.1. The summed E-state index contributed by atoms with van der Waals surface area (Å²) >= 11 is 0. The van der Waals surface area contributed by atoms with Gasteiger partial charge in [0.05, 0.1) is 6.54 Å². The summed E-state index contributed by atoms with van der Waals surface area (Å²) in [6.07, 6.45) is 7.60. The number of hydrogen-bond acceptors (Lipinski definition) is 3. The molecule has 146 valence electrons. The molecule has 0 aliphatic heterocycles. The summed E-state index contributed by atoms with van der Waals surface area (Å²) in [7, 11) is 0. The van der Waals surface area contributed by atoms with E-state index in [9.17, 15) is 9.18 Å². The molecule has 1 amide bonds. The summed E-state index contributed by atoms with van der Waals surface area (Å²) in [6, 6.07) is 10.3. The number of hydrogen-bond donors (Lipinski definition) is 0. The Balaban J connectivity index is 1.77. The first kappa shape index (κ1) is 19.7. The second kappa shape index (κ2) is 9.26. The molecule has 0 aliphatic rings. The van der Waals surface area contributed by atoms with Gasteiger partial charge in [-0.1, -0.05) is 32.0 Å². The zero-order valence-electron chi connectivity index (χ0n) is 16.3. The Morgan fingerprint density at radius 1 is 1.11 bits per heavy atom. The largest absolute Gasteiger partial charge is 0.331 e. The van der Waals surface area contributed by atoms with Gasteiger partial charge >= 0.3 is 0 Å². The maximum atomic E-state index is 13.1. The van der Waals surface area contributed by atoms with Crippen molar-refractivity contribution in [3.05, 3.63) is 84.0 Å². The summed E-state index contributed by atoms with van der Waals surface area (Å²) < 4.78 is 15.1. The van der Waals surface area contributed by atoms with Crippen LogP contribution in [0, 0.1) is 11.7 Å². The van der Waals surface area contributed by atoms with Crippen molar-refractivity contribution in [2.24, 2.45) is 5.92 Å². The van der Waals surface area contributed by atoms with E-state index in [2.05, 4.69) is 9.97 Å². The molecule has 5 nitrogen and oxygen atoms in total. The topological polar surface area (TPSA) is 51.0 Å². The van der Waals surface area contributed by atoms with Gasteiger partial charge in [-0.3, -0.25) is 9.78 Å². The molecule has 2 heterocycles. The summed E-state index contributed by atoms with van der Waals surface area (Å²) in [5.41, 5.74) is 1.96. The minimum atomic E-state index is -0.253. The van der Waals surface area contributed by atoms with Crippen LogP contribution in [0.4, 0.5) is 4.39 Å². The summed E-state index contributed by atoms with van der Waals surface area (Å²) in [5, 5.41) is 0.